The van der Waals surface area contributed by atoms with Crippen molar-refractivity contribution in [1.82, 2.24) is 4.98 Å². The topological polar surface area (TPSA) is 26.0 Å². The summed E-state index contributed by atoms with van der Waals surface area (Å²) in [7, 11) is 0. The normalized spacial score (nSPS) is 11.9. The molecule has 41 heavy (non-hydrogen) atoms. The second kappa shape index (κ2) is 8.51. The molecule has 0 aliphatic carbocycles. The number of fused-ring (bicyclic) bond motifs is 7. The van der Waals surface area contributed by atoms with E-state index in [2.05, 4.69) is 133 Å². The van der Waals surface area contributed by atoms with Crippen LogP contribution in [0.1, 0.15) is 0 Å². The second-order valence-electron chi connectivity index (χ2n) is 10.7. The summed E-state index contributed by atoms with van der Waals surface area (Å²) >= 11 is 0. The molecule has 0 saturated heterocycles. The molecule has 0 fully saturated rings. The molecule has 9 aromatic rings. The van der Waals surface area contributed by atoms with E-state index in [0.29, 0.717) is 0 Å². The van der Waals surface area contributed by atoms with Crippen molar-refractivity contribution >= 4 is 65.0 Å². The standard InChI is InChI=1S/C39H23NO/c1-2-12-26-21-36-33(20-25(26)11-1)34-22-35(40-23-37(34)41-36)39-31-17-7-5-15-29(31)38(30-16-6-8-18-32(30)39)28-19-9-13-24-10-3-4-14-27(24)28/h1-23H. The molecule has 0 unspecified atom stereocenters. The minimum Gasteiger partial charge on any atom is -0.454 e. The van der Waals surface area contributed by atoms with Crippen LogP contribution in [0.4, 0.5) is 0 Å². The van der Waals surface area contributed by atoms with Crippen molar-refractivity contribution in [2.75, 3.05) is 0 Å². The highest BCUT2D eigenvalue weighted by molar-refractivity contribution is 6.23. The van der Waals surface area contributed by atoms with E-state index in [1.54, 1.807) is 0 Å². The van der Waals surface area contributed by atoms with E-state index in [9.17, 15) is 0 Å². The molecule has 2 heterocycles. The summed E-state index contributed by atoms with van der Waals surface area (Å²) in [4.78, 5) is 5.00. The molecule has 0 amide bonds. The van der Waals surface area contributed by atoms with Crippen molar-refractivity contribution in [3.05, 3.63) is 140 Å². The first-order chi connectivity index (χ1) is 20.3. The van der Waals surface area contributed by atoms with Crippen LogP contribution in [0.15, 0.2) is 144 Å². The molecule has 2 heteroatoms. The third-order valence-electron chi connectivity index (χ3n) is 8.47. The van der Waals surface area contributed by atoms with Gasteiger partial charge < -0.3 is 4.42 Å². The van der Waals surface area contributed by atoms with Gasteiger partial charge in [0.15, 0.2) is 5.58 Å². The van der Waals surface area contributed by atoms with E-state index in [1.807, 2.05) is 6.20 Å². The summed E-state index contributed by atoms with van der Waals surface area (Å²) in [6.07, 6.45) is 1.89. The number of hydrogen-bond donors (Lipinski definition) is 0. The van der Waals surface area contributed by atoms with Crippen molar-refractivity contribution in [2.45, 2.75) is 0 Å². The molecule has 0 N–H and O–H groups in total. The Morgan fingerprint density at radius 2 is 0.927 bits per heavy atom. The number of aromatic nitrogens is 1. The van der Waals surface area contributed by atoms with Gasteiger partial charge in [-0.3, -0.25) is 4.98 Å². The number of benzene rings is 7. The van der Waals surface area contributed by atoms with Crippen LogP contribution in [-0.2, 0) is 0 Å². The van der Waals surface area contributed by atoms with E-state index in [1.165, 1.54) is 54.2 Å². The number of hydrogen-bond acceptors (Lipinski definition) is 2. The zero-order chi connectivity index (χ0) is 26.9. The minimum absolute atomic E-state index is 0.806. The summed E-state index contributed by atoms with van der Waals surface area (Å²) in [6, 6.07) is 47.8. The average Bonchev–Trinajstić information content (AvgIpc) is 3.39. The zero-order valence-electron chi connectivity index (χ0n) is 22.1. The highest BCUT2D eigenvalue weighted by atomic mass is 16.3. The van der Waals surface area contributed by atoms with Gasteiger partial charge in [0.05, 0.1) is 11.9 Å². The Balaban J connectivity index is 1.39. The summed E-state index contributed by atoms with van der Waals surface area (Å²) in [6.45, 7) is 0. The van der Waals surface area contributed by atoms with Gasteiger partial charge in [-0.15, -0.1) is 0 Å². The molecular formula is C39H23NO. The van der Waals surface area contributed by atoms with Gasteiger partial charge >= 0.3 is 0 Å². The van der Waals surface area contributed by atoms with Gasteiger partial charge in [-0.25, -0.2) is 0 Å². The Kier molecular flexibility index (Phi) is 4.64. The Morgan fingerprint density at radius 1 is 0.390 bits per heavy atom. The van der Waals surface area contributed by atoms with Gasteiger partial charge in [-0.05, 0) is 72.4 Å². The maximum atomic E-state index is 6.28. The van der Waals surface area contributed by atoms with Crippen LogP contribution in [0.25, 0.3) is 87.4 Å². The highest BCUT2D eigenvalue weighted by Crippen LogP contribution is 2.45. The largest absolute Gasteiger partial charge is 0.454 e. The molecule has 0 spiro atoms. The lowest BCUT2D eigenvalue weighted by Gasteiger charge is -2.18. The van der Waals surface area contributed by atoms with Gasteiger partial charge in [-0.1, -0.05) is 115 Å². The molecule has 9 rings (SSSR count). The van der Waals surface area contributed by atoms with Crippen LogP contribution in [0.5, 0.6) is 0 Å². The maximum Gasteiger partial charge on any atom is 0.153 e. The van der Waals surface area contributed by atoms with Gasteiger partial charge in [-0.2, -0.15) is 0 Å². The highest BCUT2D eigenvalue weighted by Gasteiger charge is 2.19. The predicted octanol–water partition coefficient (Wildman–Crippen LogP) is 10.9. The number of furan rings is 1. The average molecular weight is 522 g/mol. The molecule has 0 aliphatic rings. The predicted molar refractivity (Wildman–Crippen MR) is 172 cm³/mol. The first-order valence-electron chi connectivity index (χ1n) is 14.0. The molecule has 0 atom stereocenters. The van der Waals surface area contributed by atoms with Crippen LogP contribution in [0.3, 0.4) is 0 Å². The molecule has 2 nitrogen and oxygen atoms in total. The first kappa shape index (κ1) is 22.4. The van der Waals surface area contributed by atoms with Crippen molar-refractivity contribution in [3.8, 4) is 22.4 Å². The molecular weight excluding hydrogens is 498 g/mol. The summed E-state index contributed by atoms with van der Waals surface area (Å²) in [5, 5.41) is 11.9. The fraction of sp³-hybridized carbons (Fsp3) is 0. The molecule has 0 bridgehead atoms. The van der Waals surface area contributed by atoms with Gasteiger partial charge in [0.25, 0.3) is 0 Å². The van der Waals surface area contributed by atoms with Crippen molar-refractivity contribution in [3.63, 3.8) is 0 Å². The smallest absolute Gasteiger partial charge is 0.153 e. The Labute approximate surface area is 236 Å². The number of pyridine rings is 1. The first-order valence-corrected chi connectivity index (χ1v) is 14.0. The van der Waals surface area contributed by atoms with Gasteiger partial charge in [0, 0.05) is 16.3 Å². The third-order valence-corrected chi connectivity index (χ3v) is 8.47. The van der Waals surface area contributed by atoms with Gasteiger partial charge in [0.1, 0.15) is 5.58 Å². The number of rotatable bonds is 2. The van der Waals surface area contributed by atoms with Crippen molar-refractivity contribution < 1.29 is 4.42 Å². The third kappa shape index (κ3) is 3.28. The van der Waals surface area contributed by atoms with Gasteiger partial charge in [0.2, 0.25) is 0 Å². The Morgan fingerprint density at radius 3 is 1.63 bits per heavy atom. The van der Waals surface area contributed by atoms with E-state index in [4.69, 9.17) is 9.40 Å². The van der Waals surface area contributed by atoms with Crippen molar-refractivity contribution in [2.24, 2.45) is 0 Å². The summed E-state index contributed by atoms with van der Waals surface area (Å²) < 4.78 is 6.28. The molecule has 0 radical (unpaired) electrons. The van der Waals surface area contributed by atoms with Crippen LogP contribution >= 0.6 is 0 Å². The van der Waals surface area contributed by atoms with E-state index < -0.39 is 0 Å². The quantitative estimate of drug-likeness (QED) is 0.211. The van der Waals surface area contributed by atoms with E-state index in [-0.39, 0.29) is 0 Å². The van der Waals surface area contributed by atoms with Crippen molar-refractivity contribution in [1.29, 1.82) is 0 Å². The van der Waals surface area contributed by atoms with Crippen LogP contribution < -0.4 is 0 Å². The second-order valence-corrected chi connectivity index (χ2v) is 10.7. The lowest BCUT2D eigenvalue weighted by atomic mass is 9.85. The summed E-state index contributed by atoms with van der Waals surface area (Å²) in [5.41, 5.74) is 6.30. The Hall–Kier alpha value is -5.47. The lowest BCUT2D eigenvalue weighted by Crippen LogP contribution is -1.92. The molecule has 0 aliphatic heterocycles. The lowest BCUT2D eigenvalue weighted by molar-refractivity contribution is 0.667. The van der Waals surface area contributed by atoms with Crippen LogP contribution in [0, 0.1) is 0 Å². The minimum atomic E-state index is 0.806. The fourth-order valence-electron chi connectivity index (χ4n) is 6.64. The summed E-state index contributed by atoms with van der Waals surface area (Å²) in [5.74, 6) is 0. The van der Waals surface area contributed by atoms with E-state index in [0.717, 1.165) is 33.2 Å². The van der Waals surface area contributed by atoms with Crippen LogP contribution in [-0.4, -0.2) is 4.98 Å². The zero-order valence-corrected chi connectivity index (χ0v) is 22.1. The monoisotopic (exact) mass is 521 g/mol. The number of nitrogens with zero attached hydrogens (tertiary/aromatic N) is 1. The van der Waals surface area contributed by atoms with E-state index >= 15 is 0 Å². The molecule has 2 aromatic heterocycles. The van der Waals surface area contributed by atoms with Crippen LogP contribution in [0.2, 0.25) is 0 Å². The molecule has 0 saturated carbocycles. The molecule has 190 valence electrons. The Bertz CT molecular complexity index is 2420. The SMILES string of the molecule is c1ccc2cc3c(cc2c1)oc1cnc(-c2c4ccccc4c(-c4cccc5ccccc45)c4ccccc24)cc13. The molecule has 7 aromatic carbocycles. The maximum absolute atomic E-state index is 6.28. The fourth-order valence-corrected chi connectivity index (χ4v) is 6.64.